The number of halogens is 1. The van der Waals surface area contributed by atoms with Crippen molar-refractivity contribution in [1.29, 1.82) is 0 Å². The molecule has 1 aromatic rings. The highest BCUT2D eigenvalue weighted by Crippen LogP contribution is 2.38. The smallest absolute Gasteiger partial charge is 0.341 e. The molecule has 17 heavy (non-hydrogen) atoms. The second-order valence-electron chi connectivity index (χ2n) is 4.32. The highest BCUT2D eigenvalue weighted by molar-refractivity contribution is 9.10. The molecule has 0 saturated heterocycles. The van der Waals surface area contributed by atoms with Crippen LogP contribution >= 0.6 is 15.9 Å². The third kappa shape index (κ3) is 2.09. The highest BCUT2D eigenvalue weighted by atomic mass is 79.9. The Morgan fingerprint density at radius 1 is 1.41 bits per heavy atom. The van der Waals surface area contributed by atoms with Crippen LogP contribution in [0.4, 0.5) is 0 Å². The number of hydrogen-bond acceptors (Lipinski definition) is 4. The van der Waals surface area contributed by atoms with Gasteiger partial charge in [-0.05, 0) is 49.2 Å². The van der Waals surface area contributed by atoms with E-state index in [1.165, 1.54) is 0 Å². The quantitative estimate of drug-likeness (QED) is 0.622. The van der Waals surface area contributed by atoms with Gasteiger partial charge in [0.15, 0.2) is 0 Å². The summed E-state index contributed by atoms with van der Waals surface area (Å²) >= 11 is 3.37. The lowest BCUT2D eigenvalue weighted by Crippen LogP contribution is -2.11. The number of nitrogens with zero attached hydrogens (tertiary/aromatic N) is 1. The fraction of sp³-hybridized carbons (Fsp3) is 0.500. The van der Waals surface area contributed by atoms with E-state index in [1.807, 2.05) is 27.7 Å². The maximum Gasteiger partial charge on any atom is 0.341 e. The van der Waals surface area contributed by atoms with Gasteiger partial charge in [-0.3, -0.25) is 0 Å². The van der Waals surface area contributed by atoms with Crippen molar-refractivity contribution in [2.24, 2.45) is 0 Å². The zero-order valence-corrected chi connectivity index (χ0v) is 11.8. The number of cyclic esters (lactones) is 1. The molecule has 4 nitrogen and oxygen atoms in total. The summed E-state index contributed by atoms with van der Waals surface area (Å²) in [4.78, 5) is 16.2. The van der Waals surface area contributed by atoms with Gasteiger partial charge in [-0.2, -0.15) is 0 Å². The summed E-state index contributed by atoms with van der Waals surface area (Å²) in [6.07, 6.45) is -0.675. The summed E-state index contributed by atoms with van der Waals surface area (Å²) in [5.74, 6) is -0.339. The number of fused-ring (bicyclic) bond motifs is 1. The van der Waals surface area contributed by atoms with Crippen molar-refractivity contribution >= 4 is 21.9 Å². The monoisotopic (exact) mass is 299 g/mol. The van der Waals surface area contributed by atoms with Gasteiger partial charge in [0.2, 0.25) is 6.29 Å². The third-order valence-corrected chi connectivity index (χ3v) is 3.33. The molecule has 92 valence electrons. The number of carbonyl (C=O) groups is 1. The summed E-state index contributed by atoms with van der Waals surface area (Å²) in [6, 6.07) is 0. The number of pyridine rings is 1. The van der Waals surface area contributed by atoms with Crippen LogP contribution in [0.1, 0.15) is 47.3 Å². The molecule has 0 amide bonds. The number of carbonyl (C=O) groups excluding carboxylic acids is 1. The predicted octanol–water partition coefficient (Wildman–Crippen LogP) is 3.05. The van der Waals surface area contributed by atoms with E-state index in [0.717, 1.165) is 11.3 Å². The summed E-state index contributed by atoms with van der Waals surface area (Å²) in [6.45, 7) is 7.53. The second kappa shape index (κ2) is 4.38. The van der Waals surface area contributed by atoms with Crippen LogP contribution in [0.3, 0.4) is 0 Å². The molecule has 0 N–H and O–H groups in total. The average molecular weight is 300 g/mol. The highest BCUT2D eigenvalue weighted by Gasteiger charge is 2.37. The molecule has 5 heteroatoms. The van der Waals surface area contributed by atoms with Gasteiger partial charge >= 0.3 is 5.97 Å². The Labute approximate surface area is 108 Å². The largest absolute Gasteiger partial charge is 0.427 e. The lowest BCUT2D eigenvalue weighted by molar-refractivity contribution is -0.127. The maximum atomic E-state index is 11.8. The van der Waals surface area contributed by atoms with Crippen molar-refractivity contribution in [1.82, 2.24) is 4.98 Å². The molecule has 0 aliphatic carbocycles. The number of aryl methyl sites for hydroxylation is 1. The number of esters is 1. The molecule has 0 aromatic carbocycles. The van der Waals surface area contributed by atoms with Gasteiger partial charge in [-0.1, -0.05) is 0 Å². The number of hydrogen-bond donors (Lipinski definition) is 0. The van der Waals surface area contributed by atoms with Crippen LogP contribution in [0.15, 0.2) is 4.60 Å². The van der Waals surface area contributed by atoms with Crippen LogP contribution in [0, 0.1) is 13.8 Å². The van der Waals surface area contributed by atoms with E-state index in [9.17, 15) is 4.79 Å². The molecule has 1 aliphatic rings. The van der Waals surface area contributed by atoms with E-state index in [-0.39, 0.29) is 12.1 Å². The molecule has 0 saturated carbocycles. The average Bonchev–Trinajstić information content (AvgIpc) is 2.51. The van der Waals surface area contributed by atoms with Crippen molar-refractivity contribution in [3.05, 3.63) is 27.0 Å². The SMILES string of the molecule is Cc1nc(Br)c2c(c1C)C(=O)OC2OC(C)C. The Kier molecular flexibility index (Phi) is 3.23. The molecular weight excluding hydrogens is 286 g/mol. The second-order valence-corrected chi connectivity index (χ2v) is 5.07. The van der Waals surface area contributed by atoms with E-state index in [2.05, 4.69) is 20.9 Å². The van der Waals surface area contributed by atoms with Gasteiger partial charge in [0.1, 0.15) is 4.60 Å². The first kappa shape index (κ1) is 12.5. The van der Waals surface area contributed by atoms with Crippen molar-refractivity contribution < 1.29 is 14.3 Å². The van der Waals surface area contributed by atoms with Crippen LogP contribution in [-0.2, 0) is 9.47 Å². The van der Waals surface area contributed by atoms with Gasteiger partial charge in [0.05, 0.1) is 17.2 Å². The fourth-order valence-electron chi connectivity index (χ4n) is 1.81. The van der Waals surface area contributed by atoms with E-state index in [4.69, 9.17) is 9.47 Å². The van der Waals surface area contributed by atoms with E-state index < -0.39 is 6.29 Å². The molecule has 0 spiro atoms. The predicted molar refractivity (Wildman–Crippen MR) is 65.8 cm³/mol. The Hall–Kier alpha value is -0.940. The maximum absolute atomic E-state index is 11.8. The molecular formula is C12H14BrNO3. The van der Waals surface area contributed by atoms with Crippen LogP contribution in [0.25, 0.3) is 0 Å². The summed E-state index contributed by atoms with van der Waals surface area (Å²) in [7, 11) is 0. The van der Waals surface area contributed by atoms with Crippen molar-refractivity contribution in [3.63, 3.8) is 0 Å². The first-order valence-electron chi connectivity index (χ1n) is 5.44. The lowest BCUT2D eigenvalue weighted by atomic mass is 10.0. The van der Waals surface area contributed by atoms with Gasteiger partial charge < -0.3 is 9.47 Å². The molecule has 0 radical (unpaired) electrons. The molecule has 2 rings (SSSR count). The minimum atomic E-state index is -0.654. The normalized spacial score (nSPS) is 18.5. The van der Waals surface area contributed by atoms with E-state index in [0.29, 0.717) is 15.7 Å². The number of aromatic nitrogens is 1. The Morgan fingerprint density at radius 3 is 2.65 bits per heavy atom. The van der Waals surface area contributed by atoms with Crippen LogP contribution in [-0.4, -0.2) is 17.1 Å². The Balaban J connectivity index is 2.54. The van der Waals surface area contributed by atoms with Crippen molar-refractivity contribution in [2.75, 3.05) is 0 Å². The zero-order valence-electron chi connectivity index (χ0n) is 10.2. The Morgan fingerprint density at radius 2 is 2.06 bits per heavy atom. The number of ether oxygens (including phenoxy) is 2. The summed E-state index contributed by atoms with van der Waals surface area (Å²) in [5.41, 5.74) is 2.95. The van der Waals surface area contributed by atoms with Crippen LogP contribution in [0.2, 0.25) is 0 Å². The van der Waals surface area contributed by atoms with E-state index >= 15 is 0 Å². The van der Waals surface area contributed by atoms with E-state index in [1.54, 1.807) is 0 Å². The first-order valence-corrected chi connectivity index (χ1v) is 6.24. The Bertz CT molecular complexity index is 485. The van der Waals surface area contributed by atoms with Gasteiger partial charge in [-0.25, -0.2) is 9.78 Å². The third-order valence-electron chi connectivity index (χ3n) is 2.72. The topological polar surface area (TPSA) is 48.4 Å². The fourth-order valence-corrected chi connectivity index (χ4v) is 2.46. The van der Waals surface area contributed by atoms with Gasteiger partial charge in [-0.15, -0.1) is 0 Å². The summed E-state index contributed by atoms with van der Waals surface area (Å²) in [5, 5.41) is 0. The minimum Gasteiger partial charge on any atom is -0.427 e. The van der Waals surface area contributed by atoms with Crippen LogP contribution < -0.4 is 0 Å². The minimum absolute atomic E-state index is 0.0211. The van der Waals surface area contributed by atoms with Crippen molar-refractivity contribution in [3.8, 4) is 0 Å². The molecule has 1 atom stereocenters. The number of rotatable bonds is 2. The summed E-state index contributed by atoms with van der Waals surface area (Å²) < 4.78 is 11.4. The van der Waals surface area contributed by atoms with Crippen molar-refractivity contribution in [2.45, 2.75) is 40.1 Å². The molecule has 1 aromatic heterocycles. The van der Waals surface area contributed by atoms with Gasteiger partial charge in [0.25, 0.3) is 0 Å². The molecule has 1 unspecified atom stereocenters. The first-order chi connectivity index (χ1) is 7.91. The molecule has 0 bridgehead atoms. The molecule has 1 aliphatic heterocycles. The van der Waals surface area contributed by atoms with Gasteiger partial charge in [0, 0.05) is 5.69 Å². The standard InChI is InChI=1S/C12H14BrNO3/c1-5(2)16-12-9-8(11(15)17-12)6(3)7(4)14-10(9)13/h5,12H,1-4H3. The zero-order chi connectivity index (χ0) is 12.7. The lowest BCUT2D eigenvalue weighted by Gasteiger charge is -2.15. The molecule has 2 heterocycles. The molecule has 0 fully saturated rings. The van der Waals surface area contributed by atoms with Crippen LogP contribution in [0.5, 0.6) is 0 Å².